The highest BCUT2D eigenvalue weighted by Crippen LogP contribution is 2.34. The van der Waals surface area contributed by atoms with Gasteiger partial charge in [-0.3, -0.25) is 14.9 Å². The first-order valence-corrected chi connectivity index (χ1v) is 4.56. The fraction of sp³-hybridized carbons (Fsp3) is 0.200. The van der Waals surface area contributed by atoms with Gasteiger partial charge in [0.05, 0.1) is 10.5 Å². The number of fused-ring (bicyclic) bond motifs is 1. The molecule has 0 saturated carbocycles. The Bertz CT molecular complexity index is 482. The van der Waals surface area contributed by atoms with Gasteiger partial charge in [0.25, 0.3) is 5.69 Å². The van der Waals surface area contributed by atoms with Crippen LogP contribution in [0.2, 0.25) is 0 Å². The van der Waals surface area contributed by atoms with Gasteiger partial charge < -0.3 is 9.53 Å². The monoisotopic (exact) mass is 221 g/mol. The topological polar surface area (TPSA) is 86.5 Å². The van der Waals surface area contributed by atoms with Crippen LogP contribution in [0.3, 0.4) is 0 Å². The molecule has 1 aliphatic rings. The number of hydrogen-bond donors (Lipinski definition) is 0. The summed E-state index contributed by atoms with van der Waals surface area (Å²) >= 11 is 0. The van der Waals surface area contributed by atoms with Crippen molar-refractivity contribution >= 4 is 17.9 Å². The van der Waals surface area contributed by atoms with E-state index in [1.54, 1.807) is 0 Å². The molecule has 0 N–H and O–H groups in total. The predicted molar refractivity (Wildman–Crippen MR) is 52.0 cm³/mol. The maximum Gasteiger partial charge on any atom is 0.321 e. The molecule has 1 atom stereocenters. The number of benzene rings is 1. The molecule has 82 valence electrons. The van der Waals surface area contributed by atoms with Gasteiger partial charge in [-0.25, -0.2) is 0 Å². The largest absolute Gasteiger partial charge is 0.425 e. The minimum absolute atomic E-state index is 0.0226. The normalized spacial score (nSPS) is 18.5. The van der Waals surface area contributed by atoms with Crippen LogP contribution in [0, 0.1) is 16.0 Å². The van der Waals surface area contributed by atoms with Crippen LogP contribution in [0.4, 0.5) is 5.69 Å². The number of nitro benzene ring substituents is 1. The number of nitrogens with zero attached hydrogens (tertiary/aromatic N) is 1. The zero-order valence-electron chi connectivity index (χ0n) is 8.08. The molecule has 1 aromatic carbocycles. The van der Waals surface area contributed by atoms with Crippen LogP contribution in [-0.2, 0) is 16.0 Å². The van der Waals surface area contributed by atoms with E-state index in [4.69, 9.17) is 4.74 Å². The quantitative estimate of drug-likeness (QED) is 0.185. The van der Waals surface area contributed by atoms with Crippen LogP contribution in [-0.4, -0.2) is 17.2 Å². The molecule has 0 saturated heterocycles. The number of esters is 1. The second-order valence-electron chi connectivity index (χ2n) is 3.38. The molecule has 1 heterocycles. The highest BCUT2D eigenvalue weighted by molar-refractivity contribution is 5.91. The van der Waals surface area contributed by atoms with Gasteiger partial charge in [0, 0.05) is 12.5 Å². The average Bonchev–Trinajstić information content (AvgIpc) is 2.26. The first-order chi connectivity index (χ1) is 7.63. The summed E-state index contributed by atoms with van der Waals surface area (Å²) in [4.78, 5) is 32.0. The van der Waals surface area contributed by atoms with Crippen LogP contribution in [0.25, 0.3) is 0 Å². The van der Waals surface area contributed by atoms with Gasteiger partial charge in [0.2, 0.25) is 0 Å². The van der Waals surface area contributed by atoms with Crippen LogP contribution >= 0.6 is 0 Å². The summed E-state index contributed by atoms with van der Waals surface area (Å²) in [6.45, 7) is 0. The Balaban J connectivity index is 2.51. The van der Waals surface area contributed by atoms with Crippen LogP contribution in [0.5, 0.6) is 5.75 Å². The highest BCUT2D eigenvalue weighted by atomic mass is 16.6. The van der Waals surface area contributed by atoms with E-state index in [-0.39, 0.29) is 17.9 Å². The molecular weight excluding hydrogens is 214 g/mol. The van der Waals surface area contributed by atoms with Crippen molar-refractivity contribution in [2.75, 3.05) is 0 Å². The summed E-state index contributed by atoms with van der Waals surface area (Å²) < 4.78 is 4.85. The number of carbonyl (C=O) groups excluding carboxylic acids is 2. The van der Waals surface area contributed by atoms with Crippen molar-refractivity contribution in [3.63, 3.8) is 0 Å². The van der Waals surface area contributed by atoms with Crippen LogP contribution < -0.4 is 4.74 Å². The molecule has 0 fully saturated rings. The third-order valence-electron chi connectivity index (χ3n) is 2.41. The number of hydrogen-bond acceptors (Lipinski definition) is 5. The van der Waals surface area contributed by atoms with Crippen molar-refractivity contribution in [2.45, 2.75) is 6.42 Å². The van der Waals surface area contributed by atoms with E-state index in [2.05, 4.69) is 0 Å². The number of ether oxygens (including phenoxy) is 1. The minimum atomic E-state index is -0.950. The number of carbonyl (C=O) groups is 2. The molecule has 2 rings (SSSR count). The Hall–Kier alpha value is -2.24. The summed E-state index contributed by atoms with van der Waals surface area (Å²) in [5, 5.41) is 10.7. The molecular formula is C10H7NO5. The first kappa shape index (κ1) is 10.3. The van der Waals surface area contributed by atoms with Gasteiger partial charge in [-0.05, 0) is 6.07 Å². The lowest BCUT2D eigenvalue weighted by Crippen LogP contribution is -2.29. The molecule has 1 unspecified atom stereocenters. The molecule has 6 nitrogen and oxygen atoms in total. The van der Waals surface area contributed by atoms with Crippen LogP contribution in [0.15, 0.2) is 18.2 Å². The predicted octanol–water partition coefficient (Wildman–Crippen LogP) is 0.871. The van der Waals surface area contributed by atoms with Gasteiger partial charge in [-0.1, -0.05) is 6.07 Å². The molecule has 6 heteroatoms. The van der Waals surface area contributed by atoms with Crippen molar-refractivity contribution in [2.24, 2.45) is 5.92 Å². The Morgan fingerprint density at radius 3 is 2.88 bits per heavy atom. The minimum Gasteiger partial charge on any atom is -0.425 e. The zero-order chi connectivity index (χ0) is 11.7. The van der Waals surface area contributed by atoms with E-state index in [0.29, 0.717) is 11.8 Å². The molecule has 0 radical (unpaired) electrons. The highest BCUT2D eigenvalue weighted by Gasteiger charge is 2.32. The summed E-state index contributed by atoms with van der Waals surface area (Å²) in [5.74, 6) is -1.45. The molecule has 1 aliphatic heterocycles. The van der Waals surface area contributed by atoms with Gasteiger partial charge in [0.1, 0.15) is 18.0 Å². The molecule has 16 heavy (non-hydrogen) atoms. The van der Waals surface area contributed by atoms with Gasteiger partial charge in [-0.2, -0.15) is 0 Å². The maximum atomic E-state index is 11.2. The van der Waals surface area contributed by atoms with Crippen molar-refractivity contribution in [3.05, 3.63) is 33.9 Å². The molecule has 0 spiro atoms. The fourth-order valence-electron chi connectivity index (χ4n) is 1.62. The number of aldehydes is 1. The molecule has 1 aromatic rings. The van der Waals surface area contributed by atoms with E-state index >= 15 is 0 Å². The standard InChI is InChI=1S/C10H7NO5/c12-5-6-4-7-8(11(14)15)2-1-3-9(7)16-10(6)13/h1-3,5-6H,4H2. The maximum absolute atomic E-state index is 11.2. The van der Waals surface area contributed by atoms with E-state index in [0.717, 1.165) is 0 Å². The van der Waals surface area contributed by atoms with E-state index in [1.165, 1.54) is 18.2 Å². The molecule has 0 aliphatic carbocycles. The fourth-order valence-corrected chi connectivity index (χ4v) is 1.62. The Kier molecular flexibility index (Phi) is 2.40. The van der Waals surface area contributed by atoms with E-state index in [1.807, 2.05) is 0 Å². The summed E-state index contributed by atoms with van der Waals surface area (Å²) in [6.07, 6.45) is 0.469. The first-order valence-electron chi connectivity index (χ1n) is 4.56. The summed E-state index contributed by atoms with van der Waals surface area (Å²) in [7, 11) is 0. The Morgan fingerprint density at radius 2 is 2.25 bits per heavy atom. The van der Waals surface area contributed by atoms with Gasteiger partial charge >= 0.3 is 5.97 Å². The zero-order valence-corrected chi connectivity index (χ0v) is 8.08. The lowest BCUT2D eigenvalue weighted by molar-refractivity contribution is -0.385. The Labute approximate surface area is 90.0 Å². The number of rotatable bonds is 2. The second-order valence-corrected chi connectivity index (χ2v) is 3.38. The van der Waals surface area contributed by atoms with Gasteiger partial charge in [0.15, 0.2) is 0 Å². The van der Waals surface area contributed by atoms with Crippen molar-refractivity contribution in [3.8, 4) is 5.75 Å². The Morgan fingerprint density at radius 1 is 1.50 bits per heavy atom. The summed E-state index contributed by atoms with van der Waals surface area (Å²) in [6, 6.07) is 4.23. The third-order valence-corrected chi connectivity index (χ3v) is 2.41. The van der Waals surface area contributed by atoms with Gasteiger partial charge in [-0.15, -0.1) is 0 Å². The number of nitro groups is 1. The van der Waals surface area contributed by atoms with Crippen molar-refractivity contribution in [1.82, 2.24) is 0 Å². The van der Waals surface area contributed by atoms with E-state index < -0.39 is 16.8 Å². The SMILES string of the molecule is O=CC1Cc2c(cccc2[N+](=O)[O-])OC1=O. The van der Waals surface area contributed by atoms with E-state index in [9.17, 15) is 19.7 Å². The molecule has 0 aromatic heterocycles. The average molecular weight is 221 g/mol. The smallest absolute Gasteiger partial charge is 0.321 e. The van der Waals surface area contributed by atoms with Crippen molar-refractivity contribution < 1.29 is 19.2 Å². The third kappa shape index (κ3) is 1.54. The molecule has 0 amide bonds. The lowest BCUT2D eigenvalue weighted by atomic mass is 9.96. The van der Waals surface area contributed by atoms with Crippen molar-refractivity contribution in [1.29, 1.82) is 0 Å². The molecule has 0 bridgehead atoms. The van der Waals surface area contributed by atoms with Crippen LogP contribution in [0.1, 0.15) is 5.56 Å². The lowest BCUT2D eigenvalue weighted by Gasteiger charge is -2.18. The summed E-state index contributed by atoms with van der Waals surface area (Å²) in [5.41, 5.74) is 0.168. The second kappa shape index (κ2) is 3.73.